The van der Waals surface area contributed by atoms with E-state index in [1.54, 1.807) is 0 Å². The molecule has 0 heterocycles. The van der Waals surface area contributed by atoms with Gasteiger partial charge in [0.15, 0.2) is 0 Å². The first-order valence-corrected chi connectivity index (χ1v) is 4.11. The molecule has 0 atom stereocenters. The third-order valence-corrected chi connectivity index (χ3v) is 1.06. The van der Waals surface area contributed by atoms with Crippen LogP contribution < -0.4 is 11.1 Å². The van der Waals surface area contributed by atoms with Crippen molar-refractivity contribution >= 4 is 6.09 Å². The summed E-state index contributed by atoms with van der Waals surface area (Å²) in [5.74, 6) is 0. The van der Waals surface area contributed by atoms with E-state index < -0.39 is 0 Å². The molecular weight excluding hydrogens is 156 g/mol. The van der Waals surface area contributed by atoms with Crippen LogP contribution in [0.5, 0.6) is 0 Å². The van der Waals surface area contributed by atoms with Crippen LogP contribution >= 0.6 is 0 Å². The third kappa shape index (κ3) is 7.34. The van der Waals surface area contributed by atoms with Crippen molar-refractivity contribution in [2.45, 2.75) is 32.7 Å². The summed E-state index contributed by atoms with van der Waals surface area (Å²) in [6.07, 6.45) is 0.327. The molecule has 0 aromatic heterocycles. The molecular formula is C8H18N2O2. The van der Waals surface area contributed by atoms with E-state index in [0.717, 1.165) is 0 Å². The molecule has 0 unspecified atom stereocenters. The molecule has 0 aromatic carbocycles. The van der Waals surface area contributed by atoms with Crippen LogP contribution in [0, 0.1) is 0 Å². The third-order valence-electron chi connectivity index (χ3n) is 1.06. The molecule has 3 N–H and O–H groups in total. The first kappa shape index (κ1) is 11.2. The molecule has 0 saturated carbocycles. The fourth-order valence-electron chi connectivity index (χ4n) is 0.590. The molecule has 0 bridgehead atoms. The highest BCUT2D eigenvalue weighted by Gasteiger charge is 2.13. The number of hydrogen-bond acceptors (Lipinski definition) is 3. The maximum Gasteiger partial charge on any atom is 0.407 e. The van der Waals surface area contributed by atoms with Crippen LogP contribution in [0.2, 0.25) is 0 Å². The predicted octanol–water partition coefficient (Wildman–Crippen LogP) is 0.860. The Kier molecular flexibility index (Phi) is 4.66. The summed E-state index contributed by atoms with van der Waals surface area (Å²) in [4.78, 5) is 11.0. The Balaban J connectivity index is 3.47. The van der Waals surface area contributed by atoms with E-state index in [1.165, 1.54) is 0 Å². The molecule has 0 spiro atoms. The molecule has 12 heavy (non-hydrogen) atoms. The Morgan fingerprint density at radius 1 is 1.50 bits per heavy atom. The lowest BCUT2D eigenvalue weighted by Gasteiger charge is -2.19. The predicted molar refractivity (Wildman–Crippen MR) is 47.9 cm³/mol. The average molecular weight is 174 g/mol. The van der Waals surface area contributed by atoms with Gasteiger partial charge >= 0.3 is 6.09 Å². The molecule has 4 nitrogen and oxygen atoms in total. The number of alkyl carbamates (subject to hydrolysis) is 1. The van der Waals surface area contributed by atoms with Gasteiger partial charge in [0.2, 0.25) is 0 Å². The summed E-state index contributed by atoms with van der Waals surface area (Å²) in [6, 6.07) is 0. The molecule has 0 aliphatic rings. The number of amides is 1. The Morgan fingerprint density at radius 2 is 2.08 bits per heavy atom. The molecule has 0 fully saturated rings. The second-order valence-corrected chi connectivity index (χ2v) is 3.65. The van der Waals surface area contributed by atoms with Crippen molar-refractivity contribution in [3.05, 3.63) is 0 Å². The molecule has 0 radical (unpaired) electrons. The smallest absolute Gasteiger partial charge is 0.407 e. The summed E-state index contributed by atoms with van der Waals surface area (Å²) in [5, 5.41) is 2.68. The topological polar surface area (TPSA) is 64.3 Å². The molecule has 0 aliphatic heterocycles. The standard InChI is InChI=1S/C8H18N2O2/c1-8(2,3)10-7(11)12-6-4-5-9/h4-6,9H2,1-3H3,(H,10,11). The first-order chi connectivity index (χ1) is 5.45. The number of carbonyl (C=O) groups is 1. The van der Waals surface area contributed by atoms with Crippen LogP contribution in [0.3, 0.4) is 0 Å². The van der Waals surface area contributed by atoms with Gasteiger partial charge in [-0.2, -0.15) is 0 Å². The van der Waals surface area contributed by atoms with Gasteiger partial charge in [-0.3, -0.25) is 0 Å². The molecule has 0 rings (SSSR count). The minimum atomic E-state index is -0.379. The maximum atomic E-state index is 11.0. The van der Waals surface area contributed by atoms with Crippen molar-refractivity contribution in [3.63, 3.8) is 0 Å². The number of nitrogens with two attached hydrogens (primary N) is 1. The van der Waals surface area contributed by atoms with Gasteiger partial charge in [0, 0.05) is 5.54 Å². The minimum Gasteiger partial charge on any atom is -0.450 e. The fraction of sp³-hybridized carbons (Fsp3) is 0.875. The van der Waals surface area contributed by atoms with E-state index in [1.807, 2.05) is 20.8 Å². The molecule has 1 amide bonds. The van der Waals surface area contributed by atoms with Crippen LogP contribution in [0.15, 0.2) is 0 Å². The van der Waals surface area contributed by atoms with Crippen LogP contribution in [0.4, 0.5) is 4.79 Å². The molecule has 0 saturated heterocycles. The van der Waals surface area contributed by atoms with E-state index in [4.69, 9.17) is 10.5 Å². The number of ether oxygens (including phenoxy) is 1. The van der Waals surface area contributed by atoms with E-state index in [0.29, 0.717) is 19.6 Å². The van der Waals surface area contributed by atoms with E-state index in [-0.39, 0.29) is 11.6 Å². The van der Waals surface area contributed by atoms with Crippen molar-refractivity contribution in [2.75, 3.05) is 13.2 Å². The highest BCUT2D eigenvalue weighted by atomic mass is 16.5. The number of hydrogen-bond donors (Lipinski definition) is 2. The van der Waals surface area contributed by atoms with E-state index in [9.17, 15) is 4.79 Å². The van der Waals surface area contributed by atoms with Gasteiger partial charge in [0.25, 0.3) is 0 Å². The van der Waals surface area contributed by atoms with Crippen molar-refractivity contribution in [1.29, 1.82) is 0 Å². The van der Waals surface area contributed by atoms with Crippen LogP contribution in [-0.2, 0) is 4.74 Å². The van der Waals surface area contributed by atoms with Crippen LogP contribution in [-0.4, -0.2) is 24.8 Å². The number of rotatable bonds is 3. The lowest BCUT2D eigenvalue weighted by Crippen LogP contribution is -2.41. The zero-order valence-corrected chi connectivity index (χ0v) is 8.02. The highest BCUT2D eigenvalue weighted by Crippen LogP contribution is 1.98. The Hall–Kier alpha value is -0.770. The molecule has 0 aliphatic carbocycles. The van der Waals surface area contributed by atoms with Gasteiger partial charge < -0.3 is 15.8 Å². The zero-order valence-electron chi connectivity index (χ0n) is 8.02. The summed E-state index contributed by atoms with van der Waals surface area (Å²) < 4.78 is 4.83. The Morgan fingerprint density at radius 3 is 2.50 bits per heavy atom. The van der Waals surface area contributed by atoms with E-state index in [2.05, 4.69) is 5.32 Å². The molecule has 4 heteroatoms. The van der Waals surface area contributed by atoms with Crippen LogP contribution in [0.1, 0.15) is 27.2 Å². The quantitative estimate of drug-likeness (QED) is 0.624. The lowest BCUT2D eigenvalue weighted by molar-refractivity contribution is 0.137. The largest absolute Gasteiger partial charge is 0.450 e. The summed E-state index contributed by atoms with van der Waals surface area (Å²) in [7, 11) is 0. The van der Waals surface area contributed by atoms with Crippen LogP contribution in [0.25, 0.3) is 0 Å². The second-order valence-electron chi connectivity index (χ2n) is 3.65. The SMILES string of the molecule is CC(C)(C)NC(=O)OCCCN. The van der Waals surface area contributed by atoms with Gasteiger partial charge in [0.05, 0.1) is 6.61 Å². The zero-order chi connectivity index (χ0) is 9.61. The minimum absolute atomic E-state index is 0.236. The van der Waals surface area contributed by atoms with Crippen molar-refractivity contribution < 1.29 is 9.53 Å². The van der Waals surface area contributed by atoms with Gasteiger partial charge in [-0.25, -0.2) is 4.79 Å². The van der Waals surface area contributed by atoms with E-state index >= 15 is 0 Å². The maximum absolute atomic E-state index is 11.0. The van der Waals surface area contributed by atoms with Gasteiger partial charge in [-0.1, -0.05) is 0 Å². The van der Waals surface area contributed by atoms with Gasteiger partial charge in [-0.05, 0) is 33.7 Å². The first-order valence-electron chi connectivity index (χ1n) is 4.11. The highest BCUT2D eigenvalue weighted by molar-refractivity contribution is 5.67. The monoisotopic (exact) mass is 174 g/mol. The molecule has 0 aromatic rings. The second kappa shape index (κ2) is 4.98. The number of nitrogens with one attached hydrogen (secondary N) is 1. The number of carbonyl (C=O) groups excluding carboxylic acids is 1. The fourth-order valence-corrected chi connectivity index (χ4v) is 0.590. The van der Waals surface area contributed by atoms with Gasteiger partial charge in [0.1, 0.15) is 0 Å². The lowest BCUT2D eigenvalue weighted by atomic mass is 10.1. The Bertz CT molecular complexity index is 140. The van der Waals surface area contributed by atoms with Crippen molar-refractivity contribution in [2.24, 2.45) is 5.73 Å². The molecule has 72 valence electrons. The van der Waals surface area contributed by atoms with Gasteiger partial charge in [-0.15, -0.1) is 0 Å². The normalized spacial score (nSPS) is 11.0. The van der Waals surface area contributed by atoms with Crippen molar-refractivity contribution in [1.82, 2.24) is 5.32 Å². The summed E-state index contributed by atoms with van der Waals surface area (Å²) in [5.41, 5.74) is 4.99. The average Bonchev–Trinajstić information content (AvgIpc) is 1.84. The summed E-state index contributed by atoms with van der Waals surface area (Å²) >= 11 is 0. The summed E-state index contributed by atoms with van der Waals surface area (Å²) in [6.45, 7) is 6.63. The Labute approximate surface area is 73.5 Å². The van der Waals surface area contributed by atoms with Crippen molar-refractivity contribution in [3.8, 4) is 0 Å².